The molecule has 0 atom stereocenters. The molecule has 0 aromatic carbocycles. The van der Waals surface area contributed by atoms with Crippen molar-refractivity contribution in [2.24, 2.45) is 0 Å². The number of nitrogen functional groups attached to an aromatic ring is 1. The average molecular weight is 291 g/mol. The van der Waals surface area contributed by atoms with Crippen molar-refractivity contribution in [3.63, 3.8) is 0 Å². The average Bonchev–Trinajstić information content (AvgIpc) is 2.33. The van der Waals surface area contributed by atoms with E-state index < -0.39 is 10.4 Å². The highest BCUT2D eigenvalue weighted by Gasteiger charge is 2.23. The Balaban J connectivity index is 2.30. The van der Waals surface area contributed by atoms with E-state index in [0.717, 1.165) is 4.73 Å². The van der Waals surface area contributed by atoms with Gasteiger partial charge in [-0.3, -0.25) is 10.3 Å². The second-order valence-corrected chi connectivity index (χ2v) is 5.01. The summed E-state index contributed by atoms with van der Waals surface area (Å²) >= 11 is 0. The van der Waals surface area contributed by atoms with E-state index in [1.54, 1.807) is 13.0 Å². The molecule has 0 bridgehead atoms. The Morgan fingerprint density at radius 1 is 1.53 bits per heavy atom. The summed E-state index contributed by atoms with van der Waals surface area (Å²) in [5, 5.41) is 0. The maximum atomic E-state index is 10.7. The molecule has 0 unspecified atom stereocenters. The molecule has 1 fully saturated rings. The topological polar surface area (TPSA) is 119 Å². The van der Waals surface area contributed by atoms with Gasteiger partial charge < -0.3 is 9.64 Å². The van der Waals surface area contributed by atoms with Crippen LogP contribution in [0, 0.1) is 6.92 Å². The zero-order chi connectivity index (χ0) is 14.0. The summed E-state index contributed by atoms with van der Waals surface area (Å²) in [5.41, 5.74) is 6.02. The molecular weight excluding hydrogens is 276 g/mol. The molecular formula is C9H15N4O5S+. The molecule has 3 N–H and O–H groups in total. The summed E-state index contributed by atoms with van der Waals surface area (Å²) < 4.78 is 40.3. The van der Waals surface area contributed by atoms with Crippen molar-refractivity contribution >= 4 is 22.2 Å². The fraction of sp³-hybridized carbons (Fsp3) is 0.556. The lowest BCUT2D eigenvalue weighted by Crippen LogP contribution is -2.51. The minimum atomic E-state index is -4.65. The predicted octanol–water partition coefficient (Wildman–Crippen LogP) is -1.67. The van der Waals surface area contributed by atoms with Gasteiger partial charge in [0.05, 0.1) is 13.2 Å². The Morgan fingerprint density at radius 3 is 2.68 bits per heavy atom. The third-order valence-electron chi connectivity index (χ3n) is 2.60. The third-order valence-corrected chi connectivity index (χ3v) is 2.94. The van der Waals surface area contributed by atoms with Crippen molar-refractivity contribution in [1.29, 1.82) is 0 Å². The van der Waals surface area contributed by atoms with E-state index in [2.05, 4.69) is 9.27 Å². The fourth-order valence-electron chi connectivity index (χ4n) is 1.77. The van der Waals surface area contributed by atoms with Gasteiger partial charge in [0, 0.05) is 19.2 Å². The quantitative estimate of drug-likeness (QED) is 0.501. The summed E-state index contributed by atoms with van der Waals surface area (Å²) in [6, 6.07) is 1.62. The summed E-state index contributed by atoms with van der Waals surface area (Å²) in [4.78, 5) is 6.02. The van der Waals surface area contributed by atoms with Crippen LogP contribution in [0.25, 0.3) is 0 Å². The number of hydrogen-bond acceptors (Lipinski definition) is 7. The molecule has 0 spiro atoms. The van der Waals surface area contributed by atoms with E-state index in [0.29, 0.717) is 37.8 Å². The molecule has 1 saturated heterocycles. The van der Waals surface area contributed by atoms with Crippen molar-refractivity contribution in [2.45, 2.75) is 6.92 Å². The van der Waals surface area contributed by atoms with Gasteiger partial charge >= 0.3 is 16.3 Å². The SMILES string of the molecule is Cc1cc(N2CCOCC2)nc(N)[n+]1OS(=O)(=O)O. The smallest absolute Gasteiger partial charge is 0.378 e. The molecule has 19 heavy (non-hydrogen) atoms. The second-order valence-electron chi connectivity index (χ2n) is 4.01. The summed E-state index contributed by atoms with van der Waals surface area (Å²) in [5.74, 6) is 0.438. The Labute approximate surface area is 110 Å². The first-order chi connectivity index (χ1) is 8.87. The summed E-state index contributed by atoms with van der Waals surface area (Å²) in [6.07, 6.45) is 0. The molecule has 9 nitrogen and oxygen atoms in total. The van der Waals surface area contributed by atoms with E-state index in [-0.39, 0.29) is 5.95 Å². The van der Waals surface area contributed by atoms with Gasteiger partial charge in [-0.15, -0.1) is 0 Å². The van der Waals surface area contributed by atoms with E-state index in [1.165, 1.54) is 0 Å². The first-order valence-electron chi connectivity index (χ1n) is 5.56. The zero-order valence-electron chi connectivity index (χ0n) is 10.3. The number of hydrogen-bond donors (Lipinski definition) is 2. The molecule has 0 aliphatic carbocycles. The van der Waals surface area contributed by atoms with Crippen molar-refractivity contribution in [3.05, 3.63) is 11.8 Å². The minimum absolute atomic E-state index is 0.167. The molecule has 1 aromatic rings. The number of morpholine rings is 1. The zero-order valence-corrected chi connectivity index (χ0v) is 11.1. The minimum Gasteiger partial charge on any atom is -0.378 e. The monoisotopic (exact) mass is 291 g/mol. The number of nitrogens with two attached hydrogens (primary N) is 1. The largest absolute Gasteiger partial charge is 0.476 e. The Kier molecular flexibility index (Phi) is 3.73. The van der Waals surface area contributed by atoms with Gasteiger partial charge in [0.15, 0.2) is 0 Å². The number of ether oxygens (including phenoxy) is 1. The standard InChI is InChI=1S/C9H14N4O5S/c1-7-6-8(12-2-4-17-5-3-12)11-9(10)13(7)18-19(14,15)16/h6,10H,2-5H2,1H3,(H,14,15,16)/p+1. The lowest BCUT2D eigenvalue weighted by Gasteiger charge is -2.26. The molecule has 1 aliphatic heterocycles. The highest BCUT2D eigenvalue weighted by molar-refractivity contribution is 7.80. The normalized spacial score (nSPS) is 16.4. The van der Waals surface area contributed by atoms with Crippen LogP contribution in [0.5, 0.6) is 0 Å². The van der Waals surface area contributed by atoms with Crippen LogP contribution in [0.2, 0.25) is 0 Å². The van der Waals surface area contributed by atoms with Crippen molar-refractivity contribution in [1.82, 2.24) is 4.98 Å². The van der Waals surface area contributed by atoms with Crippen LogP contribution in [0.1, 0.15) is 5.69 Å². The first kappa shape index (κ1) is 13.8. The molecule has 2 rings (SSSR count). The highest BCUT2D eigenvalue weighted by Crippen LogP contribution is 2.13. The van der Waals surface area contributed by atoms with E-state index in [1.807, 2.05) is 4.90 Å². The van der Waals surface area contributed by atoms with E-state index in [4.69, 9.17) is 15.0 Å². The van der Waals surface area contributed by atoms with Crippen LogP contribution in [-0.2, 0) is 15.1 Å². The Bertz CT molecular complexity index is 547. The molecule has 0 saturated carbocycles. The maximum Gasteiger partial charge on any atom is 0.476 e. The second kappa shape index (κ2) is 5.15. The van der Waals surface area contributed by atoms with Crippen molar-refractivity contribution in [2.75, 3.05) is 36.9 Å². The maximum absolute atomic E-state index is 10.7. The lowest BCUT2D eigenvalue weighted by atomic mass is 10.3. The van der Waals surface area contributed by atoms with Gasteiger partial charge in [0.2, 0.25) is 5.82 Å². The Hall–Kier alpha value is -1.65. The number of anilines is 2. The highest BCUT2D eigenvalue weighted by atomic mass is 32.3. The predicted molar refractivity (Wildman–Crippen MR) is 64.7 cm³/mol. The molecule has 10 heteroatoms. The van der Waals surface area contributed by atoms with E-state index in [9.17, 15) is 8.42 Å². The number of aryl methyl sites for hydroxylation is 1. The third kappa shape index (κ3) is 3.43. The fourth-order valence-corrected chi connectivity index (χ4v) is 2.15. The van der Waals surface area contributed by atoms with Gasteiger partial charge in [0.25, 0.3) is 0 Å². The van der Waals surface area contributed by atoms with Gasteiger partial charge in [-0.05, 0) is 11.7 Å². The lowest BCUT2D eigenvalue weighted by molar-refractivity contribution is -0.851. The first-order valence-corrected chi connectivity index (χ1v) is 6.92. The molecule has 0 amide bonds. The van der Waals surface area contributed by atoms with Crippen LogP contribution in [-0.4, -0.2) is 44.3 Å². The molecule has 0 radical (unpaired) electrons. The van der Waals surface area contributed by atoms with Gasteiger partial charge in [-0.25, -0.2) is 4.28 Å². The van der Waals surface area contributed by atoms with E-state index >= 15 is 0 Å². The van der Waals surface area contributed by atoms with Crippen LogP contribution in [0.3, 0.4) is 0 Å². The van der Waals surface area contributed by atoms with Crippen LogP contribution >= 0.6 is 0 Å². The van der Waals surface area contributed by atoms with Crippen molar-refractivity contribution in [3.8, 4) is 0 Å². The molecule has 1 aromatic heterocycles. The van der Waals surface area contributed by atoms with Gasteiger partial charge in [-0.1, -0.05) is 4.98 Å². The molecule has 2 heterocycles. The van der Waals surface area contributed by atoms with Crippen LogP contribution in [0.15, 0.2) is 6.07 Å². The molecule has 1 aliphatic rings. The molecule has 106 valence electrons. The van der Waals surface area contributed by atoms with Gasteiger partial charge in [-0.2, -0.15) is 8.42 Å². The summed E-state index contributed by atoms with van der Waals surface area (Å²) in [6.45, 7) is 4.13. The van der Waals surface area contributed by atoms with Gasteiger partial charge in [0.1, 0.15) is 5.69 Å². The van der Waals surface area contributed by atoms with Crippen LogP contribution in [0.4, 0.5) is 11.8 Å². The number of rotatable bonds is 3. The number of aromatic nitrogens is 2. The number of nitrogens with zero attached hydrogens (tertiary/aromatic N) is 3. The van der Waals surface area contributed by atoms with Crippen molar-refractivity contribution < 1.29 is 26.7 Å². The summed E-state index contributed by atoms with van der Waals surface area (Å²) in [7, 11) is -4.65. The Morgan fingerprint density at radius 2 is 2.16 bits per heavy atom. The van der Waals surface area contributed by atoms with Crippen LogP contribution < -0.4 is 19.6 Å².